The van der Waals surface area contributed by atoms with Crippen molar-refractivity contribution in [2.24, 2.45) is 0 Å². The minimum Gasteiger partial charge on any atom is -0.478 e. The van der Waals surface area contributed by atoms with Crippen LogP contribution in [0, 0.1) is 0 Å². The number of hydrogen-bond donors (Lipinski definition) is 2. The zero-order valence-electron chi connectivity index (χ0n) is 10.4. The Balaban J connectivity index is 2.34. The Labute approximate surface area is 129 Å². The highest BCUT2D eigenvalue weighted by Gasteiger charge is 2.21. The molecule has 0 aromatic heterocycles. The van der Waals surface area contributed by atoms with E-state index in [0.29, 0.717) is 32.6 Å². The van der Waals surface area contributed by atoms with E-state index in [2.05, 4.69) is 4.98 Å². The first-order chi connectivity index (χ1) is 9.99. The molecule has 0 bridgehead atoms. The van der Waals surface area contributed by atoms with E-state index in [1.54, 1.807) is 18.2 Å². The number of carbonyl (C=O) groups is 1. The summed E-state index contributed by atoms with van der Waals surface area (Å²) in [5, 5.41) is 19.9. The van der Waals surface area contributed by atoms with Crippen LogP contribution in [0.5, 0.6) is 0 Å². The highest BCUT2D eigenvalue weighted by atomic mass is 35.5. The van der Waals surface area contributed by atoms with Crippen LogP contribution < -0.4 is 0 Å². The Hall–Kier alpha value is -2.24. The number of hydrogen-bond acceptors (Lipinski definition) is 3. The van der Waals surface area contributed by atoms with E-state index >= 15 is 0 Å². The maximum Gasteiger partial charge on any atom is 0.336 e. The predicted octanol–water partition coefficient (Wildman–Crippen LogP) is 3.90. The van der Waals surface area contributed by atoms with Crippen LogP contribution in [0.15, 0.2) is 36.7 Å². The maximum atomic E-state index is 11.4. The third-order valence-corrected chi connectivity index (χ3v) is 3.76. The highest BCUT2D eigenvalue weighted by Crippen LogP contribution is 2.38. The molecule has 0 fully saturated rings. The summed E-state index contributed by atoms with van der Waals surface area (Å²) >= 11 is 12.2. The van der Waals surface area contributed by atoms with Crippen LogP contribution in [-0.2, 0) is 0 Å². The van der Waals surface area contributed by atoms with Crippen molar-refractivity contribution in [2.75, 3.05) is 0 Å². The number of rotatable bonds is 2. The quantitative estimate of drug-likeness (QED) is 0.702. The molecule has 0 atom stereocenters. The number of pyridine rings is 1. The molecule has 7 heteroatoms. The van der Waals surface area contributed by atoms with Gasteiger partial charge >= 0.3 is 5.97 Å². The van der Waals surface area contributed by atoms with Crippen molar-refractivity contribution in [3.63, 3.8) is 0 Å². The van der Waals surface area contributed by atoms with Gasteiger partial charge in [-0.2, -0.15) is 4.73 Å². The maximum absolute atomic E-state index is 11.4. The molecule has 1 aromatic rings. The molecule has 5 nitrogen and oxygen atoms in total. The van der Waals surface area contributed by atoms with Gasteiger partial charge in [0, 0.05) is 22.3 Å². The van der Waals surface area contributed by atoms with Crippen LogP contribution in [-0.4, -0.2) is 26.0 Å². The topological polar surface area (TPSA) is 75.3 Å². The van der Waals surface area contributed by atoms with Gasteiger partial charge in [0.1, 0.15) is 0 Å². The third kappa shape index (κ3) is 2.20. The molecule has 0 aliphatic carbocycles. The second-order valence-corrected chi connectivity index (χ2v) is 5.19. The lowest BCUT2D eigenvalue weighted by atomic mass is 9.99. The van der Waals surface area contributed by atoms with Crippen molar-refractivity contribution < 1.29 is 15.1 Å². The second kappa shape index (κ2) is 4.95. The lowest BCUT2D eigenvalue weighted by Gasteiger charge is -2.14. The number of carboxylic acid groups (broad SMARTS) is 1. The van der Waals surface area contributed by atoms with Crippen molar-refractivity contribution in [1.29, 1.82) is 0 Å². The molecule has 0 unspecified atom stereocenters. The summed E-state index contributed by atoms with van der Waals surface area (Å²) in [7, 11) is 0. The Bertz CT molecular complexity index is 829. The van der Waals surface area contributed by atoms with E-state index < -0.39 is 5.97 Å². The van der Waals surface area contributed by atoms with Gasteiger partial charge in [-0.05, 0) is 23.8 Å². The molecule has 2 aliphatic rings. The van der Waals surface area contributed by atoms with E-state index in [-0.39, 0.29) is 5.56 Å². The van der Waals surface area contributed by atoms with Gasteiger partial charge in [0.05, 0.1) is 16.8 Å². The number of aromatic nitrogens is 2. The molecule has 0 saturated heterocycles. The summed E-state index contributed by atoms with van der Waals surface area (Å²) < 4.78 is 0.816. The number of aromatic carboxylic acids is 1. The van der Waals surface area contributed by atoms with Crippen LogP contribution >= 0.6 is 23.2 Å². The van der Waals surface area contributed by atoms with Crippen LogP contribution in [0.1, 0.15) is 10.4 Å². The SMILES string of the molecule is O=C(O)c1cc(Cl)ccc1-c1cn(O)c2nccc-2c1Cl. The van der Waals surface area contributed by atoms with E-state index in [4.69, 9.17) is 23.2 Å². The molecule has 2 heterocycles. The van der Waals surface area contributed by atoms with Crippen LogP contribution in [0.2, 0.25) is 10.0 Å². The van der Waals surface area contributed by atoms with Gasteiger partial charge in [-0.15, -0.1) is 0 Å². The third-order valence-electron chi connectivity index (χ3n) is 3.12. The van der Waals surface area contributed by atoms with Crippen molar-refractivity contribution in [2.45, 2.75) is 0 Å². The van der Waals surface area contributed by atoms with Crippen LogP contribution in [0.4, 0.5) is 0 Å². The van der Waals surface area contributed by atoms with Crippen molar-refractivity contribution in [3.8, 4) is 22.5 Å². The molecule has 2 aliphatic heterocycles. The lowest BCUT2D eigenvalue weighted by Crippen LogP contribution is -2.04. The van der Waals surface area contributed by atoms with Crippen LogP contribution in [0.25, 0.3) is 22.5 Å². The number of nitrogens with zero attached hydrogens (tertiary/aromatic N) is 2. The summed E-state index contributed by atoms with van der Waals surface area (Å²) in [5.74, 6) is -0.830. The van der Waals surface area contributed by atoms with Gasteiger partial charge in [-0.3, -0.25) is 0 Å². The summed E-state index contributed by atoms with van der Waals surface area (Å²) in [5.41, 5.74) is 1.28. The molecule has 1 aromatic carbocycles. The molecular weight excluding hydrogens is 315 g/mol. The monoisotopic (exact) mass is 322 g/mol. The normalized spacial score (nSPS) is 11.0. The van der Waals surface area contributed by atoms with Gasteiger partial charge in [-0.25, -0.2) is 9.78 Å². The Kier molecular flexibility index (Phi) is 3.23. The Morgan fingerprint density at radius 1 is 1.14 bits per heavy atom. The summed E-state index contributed by atoms with van der Waals surface area (Å²) in [6, 6.07) is 6.10. The predicted molar refractivity (Wildman–Crippen MR) is 78.4 cm³/mol. The van der Waals surface area contributed by atoms with Gasteiger partial charge in [-0.1, -0.05) is 29.3 Å². The lowest BCUT2D eigenvalue weighted by molar-refractivity contribution is 0.0697. The Morgan fingerprint density at radius 3 is 2.62 bits per heavy atom. The fourth-order valence-corrected chi connectivity index (χ4v) is 2.65. The zero-order chi connectivity index (χ0) is 15.1. The highest BCUT2D eigenvalue weighted by molar-refractivity contribution is 6.36. The van der Waals surface area contributed by atoms with E-state index in [9.17, 15) is 15.1 Å². The van der Waals surface area contributed by atoms with Gasteiger partial charge in [0.2, 0.25) is 0 Å². The average molecular weight is 323 g/mol. The molecular formula is C14H8Cl2N2O3. The molecule has 0 radical (unpaired) electrons. The van der Waals surface area contributed by atoms with E-state index in [1.165, 1.54) is 18.5 Å². The smallest absolute Gasteiger partial charge is 0.336 e. The molecule has 3 rings (SSSR count). The van der Waals surface area contributed by atoms with Crippen molar-refractivity contribution >= 4 is 29.2 Å². The van der Waals surface area contributed by atoms with Crippen molar-refractivity contribution in [1.82, 2.24) is 9.71 Å². The minimum atomic E-state index is -1.13. The molecule has 2 N–H and O–H groups in total. The largest absolute Gasteiger partial charge is 0.478 e. The molecule has 21 heavy (non-hydrogen) atoms. The summed E-state index contributed by atoms with van der Waals surface area (Å²) in [6.07, 6.45) is 2.83. The van der Waals surface area contributed by atoms with Crippen molar-refractivity contribution in [3.05, 3.63) is 52.3 Å². The van der Waals surface area contributed by atoms with Gasteiger partial charge < -0.3 is 10.3 Å². The average Bonchev–Trinajstić information content (AvgIpc) is 2.93. The van der Waals surface area contributed by atoms with E-state index in [0.717, 1.165) is 4.73 Å². The molecule has 106 valence electrons. The fourth-order valence-electron chi connectivity index (χ4n) is 2.18. The van der Waals surface area contributed by atoms with Gasteiger partial charge in [0.25, 0.3) is 0 Å². The number of halogens is 2. The summed E-state index contributed by atoms with van der Waals surface area (Å²) in [4.78, 5) is 15.4. The van der Waals surface area contributed by atoms with Gasteiger partial charge in [0.15, 0.2) is 5.82 Å². The summed E-state index contributed by atoms with van der Waals surface area (Å²) in [6.45, 7) is 0. The fraction of sp³-hybridized carbons (Fsp3) is 0. The molecule has 0 amide bonds. The minimum absolute atomic E-state index is 0.00302. The Morgan fingerprint density at radius 2 is 1.90 bits per heavy atom. The first kappa shape index (κ1) is 13.7. The van der Waals surface area contributed by atoms with Crippen LogP contribution in [0.3, 0.4) is 0 Å². The number of fused-ring (bicyclic) bond motifs is 1. The molecule has 0 spiro atoms. The zero-order valence-corrected chi connectivity index (χ0v) is 11.9. The first-order valence-electron chi connectivity index (χ1n) is 5.87. The number of carboxylic acids is 1. The number of benzene rings is 1. The second-order valence-electron chi connectivity index (χ2n) is 4.38. The standard InChI is InChI=1S/C14H8Cl2N2O3/c15-7-1-2-8(10(5-7)14(19)20)11-6-18(21)13-9(12(11)16)3-4-17-13/h1-6,21H,(H,19,20). The molecule has 0 saturated carbocycles. The van der Waals surface area contributed by atoms with E-state index in [1.807, 2.05) is 0 Å². The first-order valence-corrected chi connectivity index (χ1v) is 6.62.